The van der Waals surface area contributed by atoms with E-state index in [0.717, 1.165) is 17.7 Å². The molecule has 1 rings (SSSR count). The minimum absolute atomic E-state index is 0.344. The number of carbonyl (C=O) groups excluding carboxylic acids is 1. The van der Waals surface area contributed by atoms with Crippen LogP contribution in [0.25, 0.3) is 6.08 Å². The summed E-state index contributed by atoms with van der Waals surface area (Å²) in [4.78, 5) is 11.9. The Morgan fingerprint density at radius 2 is 1.29 bits per heavy atom. The van der Waals surface area contributed by atoms with E-state index in [1.54, 1.807) is 13.0 Å². The van der Waals surface area contributed by atoms with Gasteiger partial charge in [-0.15, -0.1) is 0 Å². The molecule has 0 bridgehead atoms. The van der Waals surface area contributed by atoms with Gasteiger partial charge in [-0.25, -0.2) is 4.79 Å². The Balaban J connectivity index is 2.07. The summed E-state index contributed by atoms with van der Waals surface area (Å²) in [6.07, 6.45) is 20.3. The van der Waals surface area contributed by atoms with E-state index in [1.165, 1.54) is 83.5 Å². The zero-order valence-electron chi connectivity index (χ0n) is 21.8. The summed E-state index contributed by atoms with van der Waals surface area (Å²) in [5, 5.41) is 0. The monoisotopic (exact) mass is 510 g/mol. The average Bonchev–Trinajstić information content (AvgIpc) is 2.81. The lowest BCUT2D eigenvalue weighted by Crippen LogP contribution is -2.15. The van der Waals surface area contributed by atoms with Gasteiger partial charge in [0.1, 0.15) is 18.1 Å². The molecule has 35 heavy (non-hydrogen) atoms. The standard InChI is InChI=1S/C28H46O6S/c1-3-4-5-6-7-8-9-10-11-12-13-14-15-16-21-33-27-19-17-26(18-20-27)24-25(2)28(29)34-22-23-35(30,31)32/h17-20,24H,3-16,21-23H2,1-2H3,(H,30,31,32). The first-order valence-corrected chi connectivity index (χ1v) is 15.0. The van der Waals surface area contributed by atoms with Crippen LogP contribution >= 0.6 is 0 Å². The van der Waals surface area contributed by atoms with E-state index in [2.05, 4.69) is 6.92 Å². The van der Waals surface area contributed by atoms with Gasteiger partial charge in [0, 0.05) is 5.57 Å². The van der Waals surface area contributed by atoms with E-state index < -0.39 is 21.8 Å². The second-order valence-corrected chi connectivity index (χ2v) is 10.8. The Kier molecular flexibility index (Phi) is 17.2. The largest absolute Gasteiger partial charge is 0.494 e. The van der Waals surface area contributed by atoms with Gasteiger partial charge in [-0.3, -0.25) is 4.55 Å². The highest BCUT2D eigenvalue weighted by Crippen LogP contribution is 2.16. The number of ether oxygens (including phenoxy) is 2. The van der Waals surface area contributed by atoms with Gasteiger partial charge in [0.25, 0.3) is 10.1 Å². The topological polar surface area (TPSA) is 89.9 Å². The third-order valence-corrected chi connectivity index (χ3v) is 6.61. The smallest absolute Gasteiger partial charge is 0.333 e. The molecule has 0 fully saturated rings. The number of carbonyl (C=O) groups is 1. The summed E-state index contributed by atoms with van der Waals surface area (Å²) < 4.78 is 40.7. The van der Waals surface area contributed by atoms with Crippen molar-refractivity contribution in [1.82, 2.24) is 0 Å². The fraction of sp³-hybridized carbons (Fsp3) is 0.679. The molecule has 7 heteroatoms. The highest BCUT2D eigenvalue weighted by molar-refractivity contribution is 7.85. The molecule has 1 aromatic carbocycles. The van der Waals surface area contributed by atoms with Crippen LogP contribution in [-0.2, 0) is 19.6 Å². The van der Waals surface area contributed by atoms with Crippen LogP contribution in [0.1, 0.15) is 109 Å². The molecule has 1 aromatic rings. The molecule has 0 aliphatic rings. The van der Waals surface area contributed by atoms with Gasteiger partial charge in [0.05, 0.1) is 6.61 Å². The number of hydrogen-bond donors (Lipinski definition) is 1. The van der Waals surface area contributed by atoms with Crippen molar-refractivity contribution in [1.29, 1.82) is 0 Å². The second-order valence-electron chi connectivity index (χ2n) is 9.26. The molecule has 0 aliphatic carbocycles. The molecule has 6 nitrogen and oxygen atoms in total. The van der Waals surface area contributed by atoms with Crippen molar-refractivity contribution in [2.45, 2.75) is 104 Å². The summed E-state index contributed by atoms with van der Waals surface area (Å²) in [7, 11) is -4.14. The van der Waals surface area contributed by atoms with E-state index in [-0.39, 0.29) is 6.61 Å². The number of rotatable bonds is 21. The lowest BCUT2D eigenvalue weighted by Gasteiger charge is -2.07. The zero-order valence-corrected chi connectivity index (χ0v) is 22.6. The number of hydrogen-bond acceptors (Lipinski definition) is 5. The van der Waals surface area contributed by atoms with Crippen LogP contribution < -0.4 is 4.74 Å². The first-order valence-electron chi connectivity index (χ1n) is 13.4. The summed E-state index contributed by atoms with van der Waals surface area (Å²) in [6.45, 7) is 4.18. The Morgan fingerprint density at radius 3 is 1.77 bits per heavy atom. The molecule has 0 saturated heterocycles. The predicted molar refractivity (Wildman–Crippen MR) is 143 cm³/mol. The third kappa shape index (κ3) is 18.1. The summed E-state index contributed by atoms with van der Waals surface area (Å²) in [6, 6.07) is 7.45. The van der Waals surface area contributed by atoms with Crippen molar-refractivity contribution >= 4 is 22.2 Å². The molecule has 200 valence electrons. The van der Waals surface area contributed by atoms with Crippen molar-refractivity contribution in [2.75, 3.05) is 19.0 Å². The van der Waals surface area contributed by atoms with Crippen LogP contribution in [0.2, 0.25) is 0 Å². The molecular formula is C28H46O6S. The SMILES string of the molecule is CCCCCCCCCCCCCCCCOc1ccc(C=C(C)C(=O)OCCS(=O)(=O)O)cc1. The van der Waals surface area contributed by atoms with E-state index in [9.17, 15) is 13.2 Å². The lowest BCUT2D eigenvalue weighted by molar-refractivity contribution is -0.138. The van der Waals surface area contributed by atoms with Crippen LogP contribution in [0, 0.1) is 0 Å². The Bertz CT molecular complexity index is 814. The van der Waals surface area contributed by atoms with Gasteiger partial charge < -0.3 is 9.47 Å². The van der Waals surface area contributed by atoms with E-state index in [1.807, 2.05) is 24.3 Å². The number of unbranched alkanes of at least 4 members (excludes halogenated alkanes) is 13. The molecule has 0 atom stereocenters. The third-order valence-electron chi connectivity index (χ3n) is 5.93. The van der Waals surface area contributed by atoms with Crippen molar-refractivity contribution in [3.8, 4) is 5.75 Å². The fourth-order valence-corrected chi connectivity index (χ4v) is 4.10. The quantitative estimate of drug-likeness (QED) is 0.0803. The van der Waals surface area contributed by atoms with Gasteiger partial charge >= 0.3 is 5.97 Å². The van der Waals surface area contributed by atoms with E-state index in [0.29, 0.717) is 12.2 Å². The molecule has 0 unspecified atom stereocenters. The molecule has 0 aliphatic heterocycles. The second kappa shape index (κ2) is 19.3. The Labute approximate surface area is 213 Å². The van der Waals surface area contributed by atoms with E-state index in [4.69, 9.17) is 14.0 Å². The molecule has 0 aromatic heterocycles. The first kappa shape index (κ1) is 31.2. The van der Waals surface area contributed by atoms with Crippen molar-refractivity contribution in [3.63, 3.8) is 0 Å². The van der Waals surface area contributed by atoms with Gasteiger partial charge in [-0.2, -0.15) is 8.42 Å². The van der Waals surface area contributed by atoms with Crippen molar-refractivity contribution in [3.05, 3.63) is 35.4 Å². The molecular weight excluding hydrogens is 464 g/mol. The Hall–Kier alpha value is -1.86. The minimum atomic E-state index is -4.14. The summed E-state index contributed by atoms with van der Waals surface area (Å²) in [5.41, 5.74) is 1.16. The maximum Gasteiger partial charge on any atom is 0.333 e. The van der Waals surface area contributed by atoms with Gasteiger partial charge in [0.2, 0.25) is 0 Å². The normalized spacial score (nSPS) is 12.0. The minimum Gasteiger partial charge on any atom is -0.494 e. The van der Waals surface area contributed by atoms with Crippen molar-refractivity contribution < 1.29 is 27.2 Å². The molecule has 1 N–H and O–H groups in total. The number of esters is 1. The number of benzene rings is 1. The summed E-state index contributed by atoms with van der Waals surface area (Å²) >= 11 is 0. The average molecular weight is 511 g/mol. The van der Waals surface area contributed by atoms with Gasteiger partial charge in [-0.05, 0) is 37.1 Å². The fourth-order valence-electron chi connectivity index (χ4n) is 3.81. The van der Waals surface area contributed by atoms with Crippen LogP contribution in [0.4, 0.5) is 0 Å². The van der Waals surface area contributed by atoms with Crippen molar-refractivity contribution in [2.24, 2.45) is 0 Å². The summed E-state index contributed by atoms with van der Waals surface area (Å²) in [5.74, 6) is -0.436. The Morgan fingerprint density at radius 1 is 0.800 bits per heavy atom. The molecule has 0 saturated carbocycles. The molecule has 0 spiro atoms. The highest BCUT2D eigenvalue weighted by atomic mass is 32.2. The molecule has 0 amide bonds. The van der Waals surface area contributed by atoms with Gasteiger partial charge in [0.15, 0.2) is 0 Å². The molecule has 0 heterocycles. The van der Waals surface area contributed by atoms with Crippen LogP contribution in [0.3, 0.4) is 0 Å². The zero-order chi connectivity index (χ0) is 25.8. The predicted octanol–water partition coefficient (Wildman–Crippen LogP) is 7.38. The van der Waals surface area contributed by atoms with Crippen LogP contribution in [0.15, 0.2) is 29.8 Å². The van der Waals surface area contributed by atoms with Crippen LogP contribution in [-0.4, -0.2) is 37.9 Å². The highest BCUT2D eigenvalue weighted by Gasteiger charge is 2.10. The lowest BCUT2D eigenvalue weighted by atomic mass is 10.0. The van der Waals surface area contributed by atoms with Gasteiger partial charge in [-0.1, -0.05) is 103 Å². The maximum absolute atomic E-state index is 11.9. The van der Waals surface area contributed by atoms with E-state index >= 15 is 0 Å². The molecule has 0 radical (unpaired) electrons. The first-order chi connectivity index (χ1) is 16.8. The van der Waals surface area contributed by atoms with Crippen LogP contribution in [0.5, 0.6) is 5.75 Å². The maximum atomic E-state index is 11.9.